The summed E-state index contributed by atoms with van der Waals surface area (Å²) in [4.78, 5) is 0. The van der Waals surface area contributed by atoms with Crippen molar-refractivity contribution in [2.75, 3.05) is 0 Å². The molecule has 1 aromatic carbocycles. The van der Waals surface area contributed by atoms with Crippen molar-refractivity contribution in [3.8, 4) is 5.75 Å². The smallest absolute Gasteiger partial charge is 0.406 e. The minimum absolute atomic E-state index is 0.201. The molecule has 0 bridgehead atoms. The summed E-state index contributed by atoms with van der Waals surface area (Å²) in [5.41, 5.74) is 6.63. The van der Waals surface area contributed by atoms with Gasteiger partial charge in [-0.05, 0) is 30.5 Å². The van der Waals surface area contributed by atoms with Gasteiger partial charge in [-0.25, -0.2) is 0 Å². The second kappa shape index (κ2) is 5.72. The van der Waals surface area contributed by atoms with Crippen LogP contribution in [-0.2, 0) is 0 Å². The molecule has 2 nitrogen and oxygen atoms in total. The van der Waals surface area contributed by atoms with E-state index in [1.54, 1.807) is 6.08 Å². The Morgan fingerprint density at radius 2 is 1.88 bits per heavy atom. The van der Waals surface area contributed by atoms with E-state index in [4.69, 9.17) is 5.73 Å². The zero-order valence-electron chi connectivity index (χ0n) is 9.20. The van der Waals surface area contributed by atoms with E-state index in [0.717, 1.165) is 12.0 Å². The number of nitrogens with two attached hydrogens (primary N) is 1. The second-order valence-corrected chi connectivity index (χ2v) is 3.59. The van der Waals surface area contributed by atoms with Crippen LogP contribution < -0.4 is 10.5 Å². The molecule has 1 rings (SSSR count). The van der Waals surface area contributed by atoms with E-state index in [9.17, 15) is 13.2 Å². The van der Waals surface area contributed by atoms with E-state index >= 15 is 0 Å². The van der Waals surface area contributed by atoms with Crippen LogP contribution in [0.15, 0.2) is 36.9 Å². The summed E-state index contributed by atoms with van der Waals surface area (Å²) in [7, 11) is 0. The van der Waals surface area contributed by atoms with Crippen LogP contribution >= 0.6 is 0 Å². The fraction of sp³-hybridized carbons (Fsp3) is 0.333. The highest BCUT2D eigenvalue weighted by molar-refractivity contribution is 5.29. The number of rotatable bonds is 5. The van der Waals surface area contributed by atoms with Crippen LogP contribution in [0, 0.1) is 0 Å². The molecule has 0 aromatic heterocycles. The maximum atomic E-state index is 11.9. The molecule has 0 unspecified atom stereocenters. The van der Waals surface area contributed by atoms with Crippen LogP contribution in [0.4, 0.5) is 13.2 Å². The molecule has 0 aliphatic rings. The molecule has 0 heterocycles. The van der Waals surface area contributed by atoms with Gasteiger partial charge in [0.15, 0.2) is 0 Å². The summed E-state index contributed by atoms with van der Waals surface area (Å²) in [6.45, 7) is 3.58. The van der Waals surface area contributed by atoms with Crippen LogP contribution in [0.25, 0.3) is 0 Å². The zero-order valence-corrected chi connectivity index (χ0v) is 9.20. The Morgan fingerprint density at radius 1 is 1.29 bits per heavy atom. The van der Waals surface area contributed by atoms with Crippen molar-refractivity contribution in [1.29, 1.82) is 0 Å². The van der Waals surface area contributed by atoms with Gasteiger partial charge in [0.1, 0.15) is 5.75 Å². The first-order valence-corrected chi connectivity index (χ1v) is 5.14. The van der Waals surface area contributed by atoms with E-state index < -0.39 is 6.36 Å². The SMILES string of the molecule is C=CCC[C@@H](N)c1ccc(OC(F)(F)F)cc1. The summed E-state index contributed by atoms with van der Waals surface area (Å²) >= 11 is 0. The van der Waals surface area contributed by atoms with Gasteiger partial charge in [0.2, 0.25) is 0 Å². The van der Waals surface area contributed by atoms with Gasteiger partial charge >= 0.3 is 6.36 Å². The number of hydrogen-bond acceptors (Lipinski definition) is 2. The fourth-order valence-corrected chi connectivity index (χ4v) is 1.38. The summed E-state index contributed by atoms with van der Waals surface area (Å²) in [6.07, 6.45) is -1.43. The molecule has 17 heavy (non-hydrogen) atoms. The summed E-state index contributed by atoms with van der Waals surface area (Å²) < 4.78 is 39.5. The third-order valence-electron chi connectivity index (χ3n) is 2.22. The third-order valence-corrected chi connectivity index (χ3v) is 2.22. The minimum atomic E-state index is -4.66. The van der Waals surface area contributed by atoms with Crippen molar-refractivity contribution >= 4 is 0 Å². The van der Waals surface area contributed by atoms with Gasteiger partial charge < -0.3 is 10.5 Å². The first kappa shape index (κ1) is 13.6. The molecule has 0 radical (unpaired) electrons. The van der Waals surface area contributed by atoms with E-state index in [0.29, 0.717) is 6.42 Å². The van der Waals surface area contributed by atoms with Gasteiger partial charge in [0, 0.05) is 6.04 Å². The lowest BCUT2D eigenvalue weighted by molar-refractivity contribution is -0.274. The van der Waals surface area contributed by atoms with Gasteiger partial charge in [-0.2, -0.15) is 0 Å². The van der Waals surface area contributed by atoms with Crippen molar-refractivity contribution < 1.29 is 17.9 Å². The minimum Gasteiger partial charge on any atom is -0.406 e. The molecule has 0 aliphatic heterocycles. The highest BCUT2D eigenvalue weighted by Gasteiger charge is 2.30. The number of hydrogen-bond donors (Lipinski definition) is 1. The molecule has 0 fully saturated rings. The molecule has 0 saturated carbocycles. The van der Waals surface area contributed by atoms with Gasteiger partial charge in [-0.3, -0.25) is 0 Å². The average Bonchev–Trinajstić information content (AvgIpc) is 2.24. The second-order valence-electron chi connectivity index (χ2n) is 3.59. The number of alkyl halides is 3. The van der Waals surface area contributed by atoms with Gasteiger partial charge in [-0.1, -0.05) is 18.2 Å². The van der Waals surface area contributed by atoms with E-state index in [-0.39, 0.29) is 11.8 Å². The lowest BCUT2D eigenvalue weighted by atomic mass is 10.0. The zero-order chi connectivity index (χ0) is 12.9. The first-order valence-electron chi connectivity index (χ1n) is 5.14. The maximum Gasteiger partial charge on any atom is 0.573 e. The molecular formula is C12H14F3NO. The molecule has 0 amide bonds. The Hall–Kier alpha value is -1.49. The standard InChI is InChI=1S/C12H14F3NO/c1-2-3-4-11(16)9-5-7-10(8-6-9)17-12(13,14)15/h2,5-8,11H,1,3-4,16H2/t11-/m1/s1. The lowest BCUT2D eigenvalue weighted by Gasteiger charge is -2.12. The van der Waals surface area contributed by atoms with Crippen molar-refractivity contribution in [2.24, 2.45) is 5.73 Å². The predicted octanol–water partition coefficient (Wildman–Crippen LogP) is 3.55. The number of ether oxygens (including phenoxy) is 1. The predicted molar refractivity (Wildman–Crippen MR) is 59.5 cm³/mol. The molecule has 1 aromatic rings. The summed E-state index contributed by atoms with van der Waals surface area (Å²) in [5, 5.41) is 0. The van der Waals surface area contributed by atoms with Crippen molar-refractivity contribution in [1.82, 2.24) is 0 Å². The number of allylic oxidation sites excluding steroid dienone is 1. The Morgan fingerprint density at radius 3 is 2.35 bits per heavy atom. The third kappa shape index (κ3) is 4.91. The van der Waals surface area contributed by atoms with Crippen molar-refractivity contribution in [2.45, 2.75) is 25.2 Å². The summed E-state index contributed by atoms with van der Waals surface area (Å²) in [5.74, 6) is -0.239. The molecule has 0 saturated heterocycles. The monoisotopic (exact) mass is 245 g/mol. The highest BCUT2D eigenvalue weighted by Crippen LogP contribution is 2.24. The highest BCUT2D eigenvalue weighted by atomic mass is 19.4. The Labute approximate surface area is 97.9 Å². The maximum absolute atomic E-state index is 11.9. The molecule has 1 atom stereocenters. The fourth-order valence-electron chi connectivity index (χ4n) is 1.38. The molecule has 2 N–H and O–H groups in total. The Balaban J connectivity index is 2.64. The van der Waals surface area contributed by atoms with E-state index in [1.807, 2.05) is 0 Å². The van der Waals surface area contributed by atoms with Crippen LogP contribution in [-0.4, -0.2) is 6.36 Å². The normalized spacial score (nSPS) is 13.2. The molecule has 0 spiro atoms. The quantitative estimate of drug-likeness (QED) is 0.805. The number of benzene rings is 1. The van der Waals surface area contributed by atoms with Gasteiger partial charge in [0.05, 0.1) is 0 Å². The molecule has 0 aliphatic carbocycles. The topological polar surface area (TPSA) is 35.2 Å². The van der Waals surface area contributed by atoms with Gasteiger partial charge in [-0.15, -0.1) is 19.8 Å². The van der Waals surface area contributed by atoms with Crippen LogP contribution in [0.5, 0.6) is 5.75 Å². The van der Waals surface area contributed by atoms with Crippen LogP contribution in [0.3, 0.4) is 0 Å². The average molecular weight is 245 g/mol. The van der Waals surface area contributed by atoms with Gasteiger partial charge in [0.25, 0.3) is 0 Å². The Kier molecular flexibility index (Phi) is 4.57. The van der Waals surface area contributed by atoms with Crippen molar-refractivity contribution in [3.05, 3.63) is 42.5 Å². The lowest BCUT2D eigenvalue weighted by Crippen LogP contribution is -2.17. The van der Waals surface area contributed by atoms with E-state index in [2.05, 4.69) is 11.3 Å². The van der Waals surface area contributed by atoms with Crippen LogP contribution in [0.2, 0.25) is 0 Å². The van der Waals surface area contributed by atoms with Crippen LogP contribution in [0.1, 0.15) is 24.4 Å². The molecule has 5 heteroatoms. The summed E-state index contributed by atoms with van der Waals surface area (Å²) in [6, 6.07) is 5.39. The largest absolute Gasteiger partial charge is 0.573 e. The molecular weight excluding hydrogens is 231 g/mol. The van der Waals surface area contributed by atoms with Crippen molar-refractivity contribution in [3.63, 3.8) is 0 Å². The molecule has 94 valence electrons. The first-order chi connectivity index (χ1) is 7.92. The Bertz CT molecular complexity index is 359. The van der Waals surface area contributed by atoms with E-state index in [1.165, 1.54) is 24.3 Å². The number of halogens is 3.